The van der Waals surface area contributed by atoms with Gasteiger partial charge in [0.05, 0.1) is 19.9 Å². The number of piperazine rings is 1. The van der Waals surface area contributed by atoms with Gasteiger partial charge in [0.1, 0.15) is 5.75 Å². The quantitative estimate of drug-likeness (QED) is 0.787. The summed E-state index contributed by atoms with van der Waals surface area (Å²) >= 11 is 0. The molecule has 1 fully saturated rings. The Morgan fingerprint density at radius 2 is 2.00 bits per heavy atom. The molecular weight excluding hydrogens is 332 g/mol. The molecule has 0 amide bonds. The second-order valence-electron chi connectivity index (χ2n) is 5.68. The molecule has 1 aromatic carbocycles. The molecular formula is C15H20N4O4S. The van der Waals surface area contributed by atoms with E-state index >= 15 is 0 Å². The molecule has 3 rings (SSSR count). The number of hydrogen-bond donors (Lipinski definition) is 0. The fraction of sp³-hybridized carbons (Fsp3) is 0.467. The van der Waals surface area contributed by atoms with E-state index in [0.29, 0.717) is 44.4 Å². The number of benzene rings is 1. The van der Waals surface area contributed by atoms with Crippen LogP contribution in [0.3, 0.4) is 0 Å². The number of hydrogen-bond acceptors (Lipinski definition) is 7. The molecule has 1 aliphatic rings. The lowest BCUT2D eigenvalue weighted by Crippen LogP contribution is -2.47. The largest absolute Gasteiger partial charge is 0.497 e. The molecule has 0 unspecified atom stereocenters. The summed E-state index contributed by atoms with van der Waals surface area (Å²) in [5.74, 6) is 1.76. The average Bonchev–Trinajstić information content (AvgIpc) is 3.03. The summed E-state index contributed by atoms with van der Waals surface area (Å²) in [5.41, 5.74) is 0.825. The van der Waals surface area contributed by atoms with Gasteiger partial charge in [-0.25, -0.2) is 8.42 Å². The molecule has 0 aliphatic carbocycles. The first-order valence-corrected chi connectivity index (χ1v) is 9.45. The van der Waals surface area contributed by atoms with Gasteiger partial charge in [-0.3, -0.25) is 4.90 Å². The minimum absolute atomic E-state index is 0.482. The first-order valence-electron chi connectivity index (χ1n) is 7.60. The van der Waals surface area contributed by atoms with Crippen molar-refractivity contribution in [2.75, 3.05) is 39.5 Å². The minimum atomic E-state index is -3.12. The maximum absolute atomic E-state index is 11.5. The summed E-state index contributed by atoms with van der Waals surface area (Å²) < 4.78 is 35.0. The minimum Gasteiger partial charge on any atom is -0.497 e. The third-order valence-electron chi connectivity index (χ3n) is 3.96. The molecule has 0 saturated carbocycles. The molecule has 130 valence electrons. The van der Waals surface area contributed by atoms with Crippen molar-refractivity contribution >= 4 is 10.0 Å². The molecule has 2 aromatic rings. The highest BCUT2D eigenvalue weighted by atomic mass is 32.2. The molecule has 0 atom stereocenters. The molecule has 24 heavy (non-hydrogen) atoms. The fourth-order valence-corrected chi connectivity index (χ4v) is 3.44. The van der Waals surface area contributed by atoms with Crippen molar-refractivity contribution in [1.82, 2.24) is 19.3 Å². The summed E-state index contributed by atoms with van der Waals surface area (Å²) in [7, 11) is -1.51. The topological polar surface area (TPSA) is 88.8 Å². The Kier molecular flexibility index (Phi) is 4.83. The summed E-state index contributed by atoms with van der Waals surface area (Å²) in [6.07, 6.45) is 1.24. The number of aromatic nitrogens is 2. The summed E-state index contributed by atoms with van der Waals surface area (Å²) in [4.78, 5) is 6.51. The van der Waals surface area contributed by atoms with E-state index in [9.17, 15) is 8.42 Å². The Labute approximate surface area is 141 Å². The van der Waals surface area contributed by atoms with Crippen LogP contribution in [0.15, 0.2) is 28.8 Å². The summed E-state index contributed by atoms with van der Waals surface area (Å²) in [5, 5.41) is 4.01. The van der Waals surface area contributed by atoms with E-state index in [1.54, 1.807) is 7.11 Å². The Hall–Kier alpha value is -1.97. The Balaban J connectivity index is 1.63. The predicted octanol–water partition coefficient (Wildman–Crippen LogP) is 0.822. The Morgan fingerprint density at radius 1 is 1.25 bits per heavy atom. The van der Waals surface area contributed by atoms with Crippen LogP contribution < -0.4 is 4.74 Å². The molecule has 0 N–H and O–H groups in total. The Morgan fingerprint density at radius 3 is 2.67 bits per heavy atom. The maximum atomic E-state index is 11.5. The zero-order valence-electron chi connectivity index (χ0n) is 13.7. The smallest absolute Gasteiger partial charge is 0.241 e. The van der Waals surface area contributed by atoms with E-state index in [4.69, 9.17) is 9.26 Å². The third kappa shape index (κ3) is 3.92. The highest BCUT2D eigenvalue weighted by Gasteiger charge is 2.24. The van der Waals surface area contributed by atoms with Crippen LogP contribution in [0.5, 0.6) is 5.75 Å². The first kappa shape index (κ1) is 16.9. The molecule has 2 heterocycles. The van der Waals surface area contributed by atoms with Gasteiger partial charge in [-0.1, -0.05) is 17.3 Å². The second kappa shape index (κ2) is 6.88. The first-order chi connectivity index (χ1) is 11.5. The van der Waals surface area contributed by atoms with E-state index in [0.717, 1.165) is 11.3 Å². The summed E-state index contributed by atoms with van der Waals surface area (Å²) in [6, 6.07) is 7.46. The third-order valence-corrected chi connectivity index (χ3v) is 5.26. The standard InChI is InChI=1S/C15H20N4O4S/c1-22-13-5-3-4-12(10-13)15-16-14(23-17-15)11-18-6-8-19(9-7-18)24(2,20)21/h3-5,10H,6-9,11H2,1-2H3. The molecule has 1 aromatic heterocycles. The van der Waals surface area contributed by atoms with Crippen molar-refractivity contribution in [2.45, 2.75) is 6.54 Å². The predicted molar refractivity (Wildman–Crippen MR) is 88.0 cm³/mol. The number of sulfonamides is 1. The van der Waals surface area contributed by atoms with Crippen molar-refractivity contribution in [2.24, 2.45) is 0 Å². The van der Waals surface area contributed by atoms with Gasteiger partial charge in [0, 0.05) is 31.7 Å². The van der Waals surface area contributed by atoms with Crippen LogP contribution in [0.25, 0.3) is 11.4 Å². The van der Waals surface area contributed by atoms with Crippen LogP contribution in [-0.4, -0.2) is 67.3 Å². The maximum Gasteiger partial charge on any atom is 0.241 e. The van der Waals surface area contributed by atoms with Crippen molar-refractivity contribution in [1.29, 1.82) is 0 Å². The molecule has 1 aliphatic heterocycles. The van der Waals surface area contributed by atoms with E-state index in [-0.39, 0.29) is 0 Å². The molecule has 9 heteroatoms. The number of nitrogens with zero attached hydrogens (tertiary/aromatic N) is 4. The molecule has 0 radical (unpaired) electrons. The SMILES string of the molecule is COc1cccc(-c2noc(CN3CCN(S(C)(=O)=O)CC3)n2)c1. The van der Waals surface area contributed by atoms with Gasteiger partial charge in [0.15, 0.2) is 0 Å². The van der Waals surface area contributed by atoms with Crippen molar-refractivity contribution < 1.29 is 17.7 Å². The van der Waals surface area contributed by atoms with Gasteiger partial charge in [-0.05, 0) is 12.1 Å². The highest BCUT2D eigenvalue weighted by Crippen LogP contribution is 2.21. The molecule has 0 spiro atoms. The average molecular weight is 352 g/mol. The number of ether oxygens (including phenoxy) is 1. The lowest BCUT2D eigenvalue weighted by molar-refractivity contribution is 0.164. The van der Waals surface area contributed by atoms with Crippen molar-refractivity contribution in [3.05, 3.63) is 30.2 Å². The van der Waals surface area contributed by atoms with Crippen LogP contribution in [-0.2, 0) is 16.6 Å². The fourth-order valence-electron chi connectivity index (χ4n) is 2.61. The number of rotatable bonds is 5. The van der Waals surface area contributed by atoms with Gasteiger partial charge in [-0.2, -0.15) is 9.29 Å². The van der Waals surface area contributed by atoms with E-state index < -0.39 is 10.0 Å². The van der Waals surface area contributed by atoms with E-state index in [1.165, 1.54) is 10.6 Å². The lowest BCUT2D eigenvalue weighted by atomic mass is 10.2. The van der Waals surface area contributed by atoms with Gasteiger partial charge in [0.25, 0.3) is 0 Å². The lowest BCUT2D eigenvalue weighted by Gasteiger charge is -2.32. The van der Waals surface area contributed by atoms with Crippen LogP contribution >= 0.6 is 0 Å². The molecule has 1 saturated heterocycles. The van der Waals surface area contributed by atoms with Crippen molar-refractivity contribution in [3.8, 4) is 17.1 Å². The van der Waals surface area contributed by atoms with Crippen LogP contribution in [0.4, 0.5) is 0 Å². The van der Waals surface area contributed by atoms with E-state index in [1.807, 2.05) is 24.3 Å². The highest BCUT2D eigenvalue weighted by molar-refractivity contribution is 7.88. The zero-order valence-corrected chi connectivity index (χ0v) is 14.5. The monoisotopic (exact) mass is 352 g/mol. The molecule has 0 bridgehead atoms. The summed E-state index contributed by atoms with van der Waals surface area (Å²) in [6.45, 7) is 2.76. The van der Waals surface area contributed by atoms with Crippen LogP contribution in [0, 0.1) is 0 Å². The molecule has 8 nitrogen and oxygen atoms in total. The normalized spacial score (nSPS) is 17.1. The van der Waals surface area contributed by atoms with Crippen LogP contribution in [0.1, 0.15) is 5.89 Å². The number of methoxy groups -OCH3 is 1. The zero-order chi connectivity index (χ0) is 17.2. The van der Waals surface area contributed by atoms with Crippen LogP contribution in [0.2, 0.25) is 0 Å². The van der Waals surface area contributed by atoms with E-state index in [2.05, 4.69) is 15.0 Å². The van der Waals surface area contributed by atoms with Crippen molar-refractivity contribution in [3.63, 3.8) is 0 Å². The van der Waals surface area contributed by atoms with Gasteiger partial charge in [0.2, 0.25) is 21.7 Å². The van der Waals surface area contributed by atoms with Gasteiger partial charge >= 0.3 is 0 Å². The Bertz CT molecular complexity index is 797. The van der Waals surface area contributed by atoms with Gasteiger partial charge < -0.3 is 9.26 Å². The second-order valence-corrected chi connectivity index (χ2v) is 7.66. The van der Waals surface area contributed by atoms with Gasteiger partial charge in [-0.15, -0.1) is 0 Å².